The number of benzene rings is 2. The second-order valence-corrected chi connectivity index (χ2v) is 7.18. The predicted molar refractivity (Wildman–Crippen MR) is 106 cm³/mol. The van der Waals surface area contributed by atoms with E-state index < -0.39 is 5.91 Å². The highest BCUT2D eigenvalue weighted by molar-refractivity contribution is 7.22. The maximum Gasteiger partial charge on any atom is 0.277 e. The molecule has 0 atom stereocenters. The lowest BCUT2D eigenvalue weighted by molar-refractivity contribution is 0.102. The quantitative estimate of drug-likeness (QED) is 0.592. The Morgan fingerprint density at radius 3 is 2.74 bits per heavy atom. The van der Waals surface area contributed by atoms with Gasteiger partial charge in [-0.1, -0.05) is 47.7 Å². The summed E-state index contributed by atoms with van der Waals surface area (Å²) in [5.74, 6) is -0.396. The smallest absolute Gasteiger partial charge is 0.277 e. The molecular weight excluding hydrogens is 360 g/mol. The number of aryl methyl sites for hydroxylation is 1. The molecule has 6 nitrogen and oxygen atoms in total. The molecule has 0 aliphatic rings. The van der Waals surface area contributed by atoms with Crippen molar-refractivity contribution < 1.29 is 4.79 Å². The second kappa shape index (κ2) is 7.13. The molecular formula is C20H16N4O2S. The van der Waals surface area contributed by atoms with E-state index in [1.54, 1.807) is 0 Å². The Labute approximate surface area is 159 Å². The van der Waals surface area contributed by atoms with Gasteiger partial charge in [0.25, 0.3) is 11.5 Å². The summed E-state index contributed by atoms with van der Waals surface area (Å²) in [7, 11) is 0. The molecule has 2 aromatic carbocycles. The Bertz CT molecular complexity index is 1180. The number of rotatable bonds is 4. The largest absolute Gasteiger partial charge is 0.296 e. The van der Waals surface area contributed by atoms with Crippen LogP contribution in [0.5, 0.6) is 0 Å². The summed E-state index contributed by atoms with van der Waals surface area (Å²) in [6.07, 6.45) is 0. The summed E-state index contributed by atoms with van der Waals surface area (Å²) in [6.45, 7) is 2.32. The van der Waals surface area contributed by atoms with Crippen molar-refractivity contribution >= 4 is 32.6 Å². The van der Waals surface area contributed by atoms with Gasteiger partial charge in [0.05, 0.1) is 16.8 Å². The SMILES string of the molecule is Cc1ccc2nc(NC(=O)c3ccc(=O)n(Cc4ccccc4)n3)sc2c1. The van der Waals surface area contributed by atoms with Crippen molar-refractivity contribution in [1.29, 1.82) is 0 Å². The summed E-state index contributed by atoms with van der Waals surface area (Å²) < 4.78 is 2.29. The zero-order valence-corrected chi connectivity index (χ0v) is 15.4. The lowest BCUT2D eigenvalue weighted by atomic mass is 10.2. The number of amides is 1. The topological polar surface area (TPSA) is 76.9 Å². The zero-order valence-electron chi connectivity index (χ0n) is 14.5. The van der Waals surface area contributed by atoms with Gasteiger partial charge in [-0.15, -0.1) is 0 Å². The molecule has 0 spiro atoms. The summed E-state index contributed by atoms with van der Waals surface area (Å²) in [5.41, 5.74) is 2.82. The van der Waals surface area contributed by atoms with Crippen molar-refractivity contribution in [3.8, 4) is 0 Å². The van der Waals surface area contributed by atoms with Crippen LogP contribution in [0.4, 0.5) is 5.13 Å². The average Bonchev–Trinajstić information content (AvgIpc) is 3.05. The molecule has 2 heterocycles. The molecule has 0 saturated heterocycles. The van der Waals surface area contributed by atoms with Crippen molar-refractivity contribution in [2.75, 3.05) is 5.32 Å². The Kier molecular flexibility index (Phi) is 4.52. The summed E-state index contributed by atoms with van der Waals surface area (Å²) in [4.78, 5) is 29.0. The minimum atomic E-state index is -0.396. The Balaban J connectivity index is 1.57. The van der Waals surface area contributed by atoms with Crippen LogP contribution in [0.2, 0.25) is 0 Å². The van der Waals surface area contributed by atoms with Gasteiger partial charge in [0.1, 0.15) is 5.69 Å². The van der Waals surface area contributed by atoms with E-state index in [2.05, 4.69) is 15.4 Å². The van der Waals surface area contributed by atoms with Crippen LogP contribution >= 0.6 is 11.3 Å². The van der Waals surface area contributed by atoms with Gasteiger partial charge in [-0.05, 0) is 36.2 Å². The zero-order chi connectivity index (χ0) is 18.8. The highest BCUT2D eigenvalue weighted by Crippen LogP contribution is 2.26. The van der Waals surface area contributed by atoms with Crippen LogP contribution in [0.3, 0.4) is 0 Å². The molecule has 7 heteroatoms. The molecule has 4 rings (SSSR count). The van der Waals surface area contributed by atoms with Gasteiger partial charge in [0, 0.05) is 6.07 Å². The highest BCUT2D eigenvalue weighted by atomic mass is 32.1. The van der Waals surface area contributed by atoms with Gasteiger partial charge in [-0.25, -0.2) is 9.67 Å². The van der Waals surface area contributed by atoms with Crippen LogP contribution in [-0.4, -0.2) is 20.7 Å². The van der Waals surface area contributed by atoms with Gasteiger partial charge in [-0.2, -0.15) is 5.10 Å². The minimum Gasteiger partial charge on any atom is -0.296 e. The molecule has 134 valence electrons. The van der Waals surface area contributed by atoms with Gasteiger partial charge < -0.3 is 0 Å². The molecule has 27 heavy (non-hydrogen) atoms. The minimum absolute atomic E-state index is 0.168. The van der Waals surface area contributed by atoms with Crippen molar-refractivity contribution in [3.05, 3.63) is 87.8 Å². The normalized spacial score (nSPS) is 10.9. The maximum atomic E-state index is 12.6. The Morgan fingerprint density at radius 1 is 1.11 bits per heavy atom. The number of hydrogen-bond donors (Lipinski definition) is 1. The first-order chi connectivity index (χ1) is 13.1. The lowest BCUT2D eigenvalue weighted by Crippen LogP contribution is -2.26. The molecule has 2 aromatic heterocycles. The van der Waals surface area contributed by atoms with Crippen LogP contribution in [0, 0.1) is 6.92 Å². The van der Waals surface area contributed by atoms with Crippen molar-refractivity contribution in [3.63, 3.8) is 0 Å². The van der Waals surface area contributed by atoms with Gasteiger partial charge in [0.15, 0.2) is 5.13 Å². The summed E-state index contributed by atoms with van der Waals surface area (Å²) >= 11 is 1.41. The number of anilines is 1. The van der Waals surface area contributed by atoms with Crippen molar-refractivity contribution in [1.82, 2.24) is 14.8 Å². The summed E-state index contributed by atoms with van der Waals surface area (Å²) in [5, 5.41) is 7.47. The van der Waals surface area contributed by atoms with Crippen LogP contribution in [0.15, 0.2) is 65.5 Å². The average molecular weight is 376 g/mol. The van der Waals surface area contributed by atoms with Crippen LogP contribution in [-0.2, 0) is 6.54 Å². The second-order valence-electron chi connectivity index (χ2n) is 6.14. The third-order valence-electron chi connectivity index (χ3n) is 4.04. The van der Waals surface area contributed by atoms with E-state index in [9.17, 15) is 9.59 Å². The van der Waals surface area contributed by atoms with Crippen LogP contribution in [0.1, 0.15) is 21.6 Å². The molecule has 0 fully saturated rings. The number of nitrogens with one attached hydrogen (secondary N) is 1. The summed E-state index contributed by atoms with van der Waals surface area (Å²) in [6, 6.07) is 18.2. The van der Waals surface area contributed by atoms with Gasteiger partial charge in [0.2, 0.25) is 0 Å². The third kappa shape index (κ3) is 3.78. The van der Waals surface area contributed by atoms with Crippen LogP contribution < -0.4 is 10.9 Å². The molecule has 0 saturated carbocycles. The fourth-order valence-corrected chi connectivity index (χ4v) is 3.65. The monoisotopic (exact) mass is 376 g/mol. The Morgan fingerprint density at radius 2 is 1.93 bits per heavy atom. The van der Waals surface area contributed by atoms with E-state index in [1.165, 1.54) is 28.2 Å². The molecule has 1 amide bonds. The molecule has 1 N–H and O–H groups in total. The fraction of sp³-hybridized carbons (Fsp3) is 0.100. The highest BCUT2D eigenvalue weighted by Gasteiger charge is 2.13. The van der Waals surface area contributed by atoms with Crippen molar-refractivity contribution in [2.45, 2.75) is 13.5 Å². The molecule has 0 bridgehead atoms. The van der Waals surface area contributed by atoms with Gasteiger partial charge in [-0.3, -0.25) is 14.9 Å². The standard InChI is InChI=1S/C20H16N4O2S/c1-13-7-8-15-17(11-13)27-20(21-15)22-19(26)16-9-10-18(25)24(23-16)12-14-5-3-2-4-6-14/h2-11H,12H2,1H3,(H,21,22,26). The van der Waals surface area contributed by atoms with Crippen molar-refractivity contribution in [2.24, 2.45) is 0 Å². The number of thiazole rings is 1. The van der Waals surface area contributed by atoms with E-state index >= 15 is 0 Å². The molecule has 4 aromatic rings. The number of carbonyl (C=O) groups excluding carboxylic acids is 1. The molecule has 0 radical (unpaired) electrons. The number of aromatic nitrogens is 3. The maximum absolute atomic E-state index is 12.6. The van der Waals surface area contributed by atoms with E-state index in [4.69, 9.17) is 0 Å². The Hall–Kier alpha value is -3.32. The van der Waals surface area contributed by atoms with E-state index in [1.807, 2.05) is 55.5 Å². The number of hydrogen-bond acceptors (Lipinski definition) is 5. The first-order valence-electron chi connectivity index (χ1n) is 8.39. The first-order valence-corrected chi connectivity index (χ1v) is 9.21. The van der Waals surface area contributed by atoms with E-state index in [0.717, 1.165) is 21.3 Å². The number of fused-ring (bicyclic) bond motifs is 1. The number of nitrogens with zero attached hydrogens (tertiary/aromatic N) is 3. The lowest BCUT2D eigenvalue weighted by Gasteiger charge is -2.07. The van der Waals surface area contributed by atoms with Crippen LogP contribution in [0.25, 0.3) is 10.2 Å². The number of carbonyl (C=O) groups is 1. The third-order valence-corrected chi connectivity index (χ3v) is 4.97. The predicted octanol–water partition coefficient (Wildman–Crippen LogP) is 3.46. The van der Waals surface area contributed by atoms with E-state index in [0.29, 0.717) is 11.7 Å². The molecule has 0 aliphatic carbocycles. The molecule has 0 unspecified atom stereocenters. The van der Waals surface area contributed by atoms with E-state index in [-0.39, 0.29) is 11.3 Å². The van der Waals surface area contributed by atoms with Gasteiger partial charge >= 0.3 is 0 Å². The molecule has 0 aliphatic heterocycles. The fourth-order valence-electron chi connectivity index (χ4n) is 2.69. The first kappa shape index (κ1) is 17.1.